The number of rotatable bonds is 5. The largest absolute Gasteiger partial charge is 0.418 e. The molecule has 27 heavy (non-hydrogen) atoms. The number of carbonyl (C=O) groups is 2. The van der Waals surface area contributed by atoms with Crippen LogP contribution in [0.25, 0.3) is 0 Å². The number of methoxy groups -OCH3 is 1. The van der Waals surface area contributed by atoms with Crippen LogP contribution < -0.4 is 5.32 Å². The topological polar surface area (TPSA) is 61.9 Å². The van der Waals surface area contributed by atoms with Gasteiger partial charge in [0.2, 0.25) is 11.8 Å². The molecule has 0 aliphatic carbocycles. The highest BCUT2D eigenvalue weighted by Gasteiger charge is 2.35. The molecule has 150 valence electrons. The molecule has 0 radical (unpaired) electrons. The molecule has 0 spiro atoms. The Morgan fingerprint density at radius 3 is 2.44 bits per heavy atom. The number of hydrogen-bond donors (Lipinski definition) is 1. The first-order valence-electron chi connectivity index (χ1n) is 8.32. The number of hydrogen-bond acceptors (Lipinski definition) is 4. The lowest BCUT2D eigenvalue weighted by atomic mass is 10.1. The Kier molecular flexibility index (Phi) is 7.07. The Hall–Kier alpha value is -1.84. The lowest BCUT2D eigenvalue weighted by molar-refractivity contribution is -0.137. The number of alkyl halides is 3. The average Bonchev–Trinajstić information content (AvgIpc) is 2.62. The zero-order valence-corrected chi connectivity index (χ0v) is 15.7. The summed E-state index contributed by atoms with van der Waals surface area (Å²) in [6, 6.07) is 2.55. The fraction of sp³-hybridized carbons (Fsp3) is 0.529. The maximum absolute atomic E-state index is 13.1. The summed E-state index contributed by atoms with van der Waals surface area (Å²) >= 11 is 5.64. The van der Waals surface area contributed by atoms with Crippen LogP contribution in [-0.2, 0) is 20.5 Å². The van der Waals surface area contributed by atoms with E-state index in [0.29, 0.717) is 26.2 Å². The van der Waals surface area contributed by atoms with E-state index < -0.39 is 23.7 Å². The zero-order valence-electron chi connectivity index (χ0n) is 15.0. The molecular weight excluding hydrogens is 387 g/mol. The molecule has 1 heterocycles. The molecule has 1 aromatic rings. The molecule has 1 aliphatic heterocycles. The van der Waals surface area contributed by atoms with Crippen LogP contribution in [0.3, 0.4) is 0 Å². The number of ether oxygens (including phenoxy) is 1. The number of halogens is 4. The van der Waals surface area contributed by atoms with Crippen molar-refractivity contribution < 1.29 is 27.5 Å². The molecule has 1 atom stereocenters. The Labute approximate surface area is 160 Å². The van der Waals surface area contributed by atoms with Gasteiger partial charge in [-0.05, 0) is 25.1 Å². The van der Waals surface area contributed by atoms with Crippen molar-refractivity contribution in [3.05, 3.63) is 28.8 Å². The van der Waals surface area contributed by atoms with Gasteiger partial charge in [0.15, 0.2) is 0 Å². The summed E-state index contributed by atoms with van der Waals surface area (Å²) in [5.41, 5.74) is -1.33. The van der Waals surface area contributed by atoms with Gasteiger partial charge in [0, 0.05) is 38.3 Å². The third-order valence-electron chi connectivity index (χ3n) is 4.41. The summed E-state index contributed by atoms with van der Waals surface area (Å²) in [5.74, 6) is -0.690. The summed E-state index contributed by atoms with van der Waals surface area (Å²) in [7, 11) is 1.44. The van der Waals surface area contributed by atoms with Crippen molar-refractivity contribution in [1.29, 1.82) is 0 Å². The van der Waals surface area contributed by atoms with Crippen molar-refractivity contribution in [3.8, 4) is 0 Å². The molecule has 0 saturated carbocycles. The Morgan fingerprint density at radius 2 is 1.89 bits per heavy atom. The SMILES string of the molecule is COCC(=O)N1CCN(C(C)C(=O)Nc2ccc(Cl)cc2C(F)(F)F)CC1. The number of amides is 2. The smallest absolute Gasteiger partial charge is 0.375 e. The van der Waals surface area contributed by atoms with Gasteiger partial charge in [0.25, 0.3) is 0 Å². The van der Waals surface area contributed by atoms with Gasteiger partial charge in [-0.25, -0.2) is 0 Å². The van der Waals surface area contributed by atoms with Crippen molar-refractivity contribution in [2.75, 3.05) is 45.2 Å². The molecule has 0 aromatic heterocycles. The number of nitrogens with zero attached hydrogens (tertiary/aromatic N) is 2. The highest BCUT2D eigenvalue weighted by Crippen LogP contribution is 2.36. The average molecular weight is 408 g/mol. The Morgan fingerprint density at radius 1 is 1.26 bits per heavy atom. The number of nitrogens with one attached hydrogen (secondary N) is 1. The second kappa shape index (κ2) is 8.90. The van der Waals surface area contributed by atoms with Gasteiger partial charge in [-0.1, -0.05) is 11.6 Å². The van der Waals surface area contributed by atoms with Crippen LogP contribution in [0.2, 0.25) is 5.02 Å². The van der Waals surface area contributed by atoms with E-state index in [-0.39, 0.29) is 23.2 Å². The lowest BCUT2D eigenvalue weighted by Gasteiger charge is -2.37. The highest BCUT2D eigenvalue weighted by molar-refractivity contribution is 6.30. The molecule has 2 rings (SSSR count). The van der Waals surface area contributed by atoms with Gasteiger partial charge in [0.1, 0.15) is 6.61 Å². The van der Waals surface area contributed by atoms with Crippen molar-refractivity contribution in [2.45, 2.75) is 19.1 Å². The van der Waals surface area contributed by atoms with Crippen LogP contribution in [0.5, 0.6) is 0 Å². The molecule has 1 fully saturated rings. The summed E-state index contributed by atoms with van der Waals surface area (Å²) in [5, 5.41) is 2.27. The van der Waals surface area contributed by atoms with Crippen LogP contribution in [0.1, 0.15) is 12.5 Å². The molecule has 0 bridgehead atoms. The fourth-order valence-corrected chi connectivity index (χ4v) is 3.01. The minimum absolute atomic E-state index is 0.00712. The lowest BCUT2D eigenvalue weighted by Crippen LogP contribution is -2.54. The highest BCUT2D eigenvalue weighted by atomic mass is 35.5. The molecular formula is C17H21ClF3N3O3. The summed E-state index contributed by atoms with van der Waals surface area (Å²) in [6.07, 6.45) is -4.63. The minimum Gasteiger partial charge on any atom is -0.375 e. The molecule has 2 amide bonds. The van der Waals surface area contributed by atoms with E-state index in [4.69, 9.17) is 16.3 Å². The molecule has 1 unspecified atom stereocenters. The van der Waals surface area contributed by atoms with E-state index in [9.17, 15) is 22.8 Å². The number of piperazine rings is 1. The van der Waals surface area contributed by atoms with Gasteiger partial charge in [-0.2, -0.15) is 13.2 Å². The molecule has 10 heteroatoms. The van der Waals surface area contributed by atoms with E-state index >= 15 is 0 Å². The van der Waals surface area contributed by atoms with Crippen LogP contribution in [-0.4, -0.2) is 67.6 Å². The Bertz CT molecular complexity index is 692. The van der Waals surface area contributed by atoms with Gasteiger partial charge in [-0.3, -0.25) is 14.5 Å². The molecule has 1 saturated heterocycles. The zero-order chi connectivity index (χ0) is 20.2. The second-order valence-corrected chi connectivity index (χ2v) is 6.64. The summed E-state index contributed by atoms with van der Waals surface area (Å²) < 4.78 is 44.3. The van der Waals surface area contributed by atoms with Crippen LogP contribution in [0.4, 0.5) is 18.9 Å². The number of carbonyl (C=O) groups excluding carboxylic acids is 2. The molecule has 1 N–H and O–H groups in total. The number of anilines is 1. The maximum Gasteiger partial charge on any atom is 0.418 e. The second-order valence-electron chi connectivity index (χ2n) is 6.20. The van der Waals surface area contributed by atoms with Crippen molar-refractivity contribution >= 4 is 29.1 Å². The van der Waals surface area contributed by atoms with Gasteiger partial charge >= 0.3 is 6.18 Å². The molecule has 1 aliphatic rings. The normalized spacial score (nSPS) is 16.9. The Balaban J connectivity index is 2.00. The van der Waals surface area contributed by atoms with Crippen LogP contribution in [0.15, 0.2) is 18.2 Å². The maximum atomic E-state index is 13.1. The number of benzene rings is 1. The fourth-order valence-electron chi connectivity index (χ4n) is 2.84. The standard InChI is InChI=1S/C17H21ClF3N3O3/c1-11(23-5-7-24(8-6-23)15(25)10-27-2)16(26)22-14-4-3-12(18)9-13(14)17(19,20)21/h3-4,9,11H,5-8,10H2,1-2H3,(H,22,26). The monoisotopic (exact) mass is 407 g/mol. The summed E-state index contributed by atoms with van der Waals surface area (Å²) in [4.78, 5) is 27.7. The predicted molar refractivity (Wildman–Crippen MR) is 94.6 cm³/mol. The third kappa shape index (κ3) is 5.57. The molecule has 6 nitrogen and oxygen atoms in total. The van der Waals surface area contributed by atoms with Crippen LogP contribution >= 0.6 is 11.6 Å². The van der Waals surface area contributed by atoms with Crippen molar-refractivity contribution in [2.24, 2.45) is 0 Å². The van der Waals surface area contributed by atoms with E-state index in [2.05, 4.69) is 5.32 Å². The van der Waals surface area contributed by atoms with E-state index in [1.807, 2.05) is 4.90 Å². The third-order valence-corrected chi connectivity index (χ3v) is 4.64. The minimum atomic E-state index is -4.63. The quantitative estimate of drug-likeness (QED) is 0.814. The molecule has 1 aromatic carbocycles. The van der Waals surface area contributed by atoms with Gasteiger partial charge in [-0.15, -0.1) is 0 Å². The first-order chi connectivity index (χ1) is 12.6. The van der Waals surface area contributed by atoms with E-state index in [0.717, 1.165) is 12.1 Å². The first kappa shape index (κ1) is 21.5. The van der Waals surface area contributed by atoms with Crippen molar-refractivity contribution in [1.82, 2.24) is 9.80 Å². The van der Waals surface area contributed by atoms with Gasteiger partial charge < -0.3 is 15.0 Å². The predicted octanol–water partition coefficient (Wildman–Crippen LogP) is 2.48. The van der Waals surface area contributed by atoms with E-state index in [1.54, 1.807) is 11.8 Å². The van der Waals surface area contributed by atoms with E-state index in [1.165, 1.54) is 13.2 Å². The summed E-state index contributed by atoms with van der Waals surface area (Å²) in [6.45, 7) is 3.34. The van der Waals surface area contributed by atoms with Crippen LogP contribution in [0, 0.1) is 0 Å². The van der Waals surface area contributed by atoms with Gasteiger partial charge in [0.05, 0.1) is 17.3 Å². The first-order valence-corrected chi connectivity index (χ1v) is 8.69. The van der Waals surface area contributed by atoms with Crippen molar-refractivity contribution in [3.63, 3.8) is 0 Å².